The number of hydrogen-bond acceptors (Lipinski definition) is 3. The Morgan fingerprint density at radius 3 is 2.35 bits per heavy atom. The first-order valence-corrected chi connectivity index (χ1v) is 8.66. The van der Waals surface area contributed by atoms with Gasteiger partial charge >= 0.3 is 5.97 Å². The van der Waals surface area contributed by atoms with Crippen LogP contribution in [0, 0.1) is 0 Å². The fraction of sp³-hybridized carbons (Fsp3) is 0.182. The standard InChI is InChI=1S/C22H21NO3/c1-2-23(20-14-8-12-18-11-6-7-13-19(18)20)21(24)16-26-22(25)15-17-9-4-3-5-10-17/h3-14H,2,15-16H2,1H3. The molecule has 0 radical (unpaired) electrons. The number of benzene rings is 3. The van der Waals surface area contributed by atoms with Crippen LogP contribution in [0.5, 0.6) is 0 Å². The quantitative estimate of drug-likeness (QED) is 0.634. The normalized spacial score (nSPS) is 10.5. The average Bonchev–Trinajstić information content (AvgIpc) is 2.68. The van der Waals surface area contributed by atoms with E-state index in [1.54, 1.807) is 4.90 Å². The summed E-state index contributed by atoms with van der Waals surface area (Å²) in [5.74, 6) is -0.635. The predicted octanol–water partition coefficient (Wildman–Crippen LogP) is 3.98. The van der Waals surface area contributed by atoms with E-state index in [4.69, 9.17) is 4.74 Å². The summed E-state index contributed by atoms with van der Waals surface area (Å²) in [6.45, 7) is 2.15. The fourth-order valence-corrected chi connectivity index (χ4v) is 2.96. The van der Waals surface area contributed by atoms with Crippen molar-refractivity contribution >= 4 is 28.3 Å². The molecule has 0 saturated carbocycles. The largest absolute Gasteiger partial charge is 0.455 e. The van der Waals surface area contributed by atoms with E-state index in [2.05, 4.69) is 0 Å². The summed E-state index contributed by atoms with van der Waals surface area (Å²) < 4.78 is 5.19. The Hall–Kier alpha value is -3.14. The lowest BCUT2D eigenvalue weighted by Gasteiger charge is -2.22. The maximum atomic E-state index is 12.6. The Bertz CT molecular complexity index is 900. The third kappa shape index (κ3) is 4.09. The van der Waals surface area contributed by atoms with Crippen molar-refractivity contribution in [3.63, 3.8) is 0 Å². The van der Waals surface area contributed by atoms with Crippen LogP contribution in [-0.4, -0.2) is 25.0 Å². The molecule has 0 fully saturated rings. The second-order valence-corrected chi connectivity index (χ2v) is 5.96. The molecule has 0 heterocycles. The van der Waals surface area contributed by atoms with E-state index in [1.807, 2.05) is 79.7 Å². The van der Waals surface area contributed by atoms with E-state index in [9.17, 15) is 9.59 Å². The minimum absolute atomic E-state index is 0.161. The number of hydrogen-bond donors (Lipinski definition) is 0. The summed E-state index contributed by atoms with van der Waals surface area (Å²) in [5.41, 5.74) is 1.70. The number of ether oxygens (including phenoxy) is 1. The highest BCUT2D eigenvalue weighted by molar-refractivity contribution is 6.04. The first kappa shape index (κ1) is 17.7. The van der Waals surface area contributed by atoms with E-state index in [-0.39, 0.29) is 18.9 Å². The summed E-state index contributed by atoms with van der Waals surface area (Å²) in [5, 5.41) is 2.07. The van der Waals surface area contributed by atoms with Crippen LogP contribution in [0.4, 0.5) is 5.69 Å². The first-order chi connectivity index (χ1) is 12.7. The predicted molar refractivity (Wildman–Crippen MR) is 103 cm³/mol. The molecule has 0 aromatic heterocycles. The maximum absolute atomic E-state index is 12.6. The molecule has 132 valence electrons. The van der Waals surface area contributed by atoms with Crippen LogP contribution in [0.25, 0.3) is 10.8 Å². The van der Waals surface area contributed by atoms with Gasteiger partial charge in [-0.1, -0.05) is 66.7 Å². The minimum atomic E-state index is -0.404. The molecule has 0 spiro atoms. The molecule has 4 heteroatoms. The smallest absolute Gasteiger partial charge is 0.310 e. The van der Waals surface area contributed by atoms with Gasteiger partial charge < -0.3 is 9.64 Å². The molecule has 26 heavy (non-hydrogen) atoms. The molecule has 0 unspecified atom stereocenters. The van der Waals surface area contributed by atoms with Crippen molar-refractivity contribution in [1.29, 1.82) is 0 Å². The molecule has 3 aromatic rings. The molecule has 0 aliphatic heterocycles. The zero-order valence-electron chi connectivity index (χ0n) is 14.7. The van der Waals surface area contributed by atoms with Gasteiger partial charge in [0.25, 0.3) is 5.91 Å². The molecular formula is C22H21NO3. The van der Waals surface area contributed by atoms with Gasteiger partial charge in [0.2, 0.25) is 0 Å². The van der Waals surface area contributed by atoms with Gasteiger partial charge in [-0.25, -0.2) is 0 Å². The topological polar surface area (TPSA) is 46.6 Å². The Morgan fingerprint density at radius 1 is 0.885 bits per heavy atom. The van der Waals surface area contributed by atoms with Crippen LogP contribution in [-0.2, 0) is 20.7 Å². The molecule has 3 rings (SSSR count). The second kappa shape index (κ2) is 8.30. The van der Waals surface area contributed by atoms with Crippen LogP contribution in [0.1, 0.15) is 12.5 Å². The Kier molecular flexibility index (Phi) is 5.64. The third-order valence-corrected chi connectivity index (χ3v) is 4.22. The zero-order chi connectivity index (χ0) is 18.4. The molecule has 0 saturated heterocycles. The van der Waals surface area contributed by atoms with Crippen molar-refractivity contribution in [3.8, 4) is 0 Å². The number of carbonyl (C=O) groups excluding carboxylic acids is 2. The number of carbonyl (C=O) groups is 2. The lowest BCUT2D eigenvalue weighted by molar-refractivity contribution is -0.147. The van der Waals surface area contributed by atoms with Gasteiger partial charge in [-0.05, 0) is 23.9 Å². The van der Waals surface area contributed by atoms with Crippen molar-refractivity contribution < 1.29 is 14.3 Å². The lowest BCUT2D eigenvalue weighted by atomic mass is 10.1. The number of likely N-dealkylation sites (N-methyl/N-ethyl adjacent to an activating group) is 1. The number of rotatable bonds is 6. The average molecular weight is 347 g/mol. The van der Waals surface area contributed by atoms with Gasteiger partial charge in [0, 0.05) is 11.9 Å². The van der Waals surface area contributed by atoms with E-state index in [0.29, 0.717) is 6.54 Å². The molecule has 0 aliphatic rings. The Balaban J connectivity index is 1.68. The van der Waals surface area contributed by atoms with Crippen LogP contribution in [0.3, 0.4) is 0 Å². The SMILES string of the molecule is CCN(C(=O)COC(=O)Cc1ccccc1)c1cccc2ccccc12. The van der Waals surface area contributed by atoms with Gasteiger partial charge in [-0.15, -0.1) is 0 Å². The number of fused-ring (bicyclic) bond motifs is 1. The van der Waals surface area contributed by atoms with Crippen molar-refractivity contribution in [3.05, 3.63) is 78.4 Å². The monoisotopic (exact) mass is 347 g/mol. The number of esters is 1. The molecule has 0 N–H and O–H groups in total. The highest BCUT2D eigenvalue weighted by atomic mass is 16.5. The minimum Gasteiger partial charge on any atom is -0.455 e. The van der Waals surface area contributed by atoms with Crippen molar-refractivity contribution in [2.75, 3.05) is 18.1 Å². The summed E-state index contributed by atoms with van der Waals surface area (Å²) in [7, 11) is 0. The van der Waals surface area contributed by atoms with E-state index >= 15 is 0 Å². The van der Waals surface area contributed by atoms with E-state index in [1.165, 1.54) is 0 Å². The molecule has 0 atom stereocenters. The van der Waals surface area contributed by atoms with Gasteiger partial charge in [0.15, 0.2) is 6.61 Å². The van der Waals surface area contributed by atoms with Crippen molar-refractivity contribution in [2.45, 2.75) is 13.3 Å². The second-order valence-electron chi connectivity index (χ2n) is 5.96. The van der Waals surface area contributed by atoms with Crippen LogP contribution < -0.4 is 4.90 Å². The van der Waals surface area contributed by atoms with Crippen molar-refractivity contribution in [2.24, 2.45) is 0 Å². The number of amides is 1. The highest BCUT2D eigenvalue weighted by Gasteiger charge is 2.18. The fourth-order valence-electron chi connectivity index (χ4n) is 2.96. The van der Waals surface area contributed by atoms with E-state index in [0.717, 1.165) is 22.0 Å². The van der Waals surface area contributed by atoms with Gasteiger partial charge in [0.1, 0.15) is 0 Å². The van der Waals surface area contributed by atoms with Gasteiger partial charge in [0.05, 0.1) is 12.1 Å². The summed E-state index contributed by atoms with van der Waals surface area (Å²) >= 11 is 0. The van der Waals surface area contributed by atoms with Gasteiger partial charge in [-0.3, -0.25) is 9.59 Å². The first-order valence-electron chi connectivity index (χ1n) is 8.66. The Morgan fingerprint density at radius 2 is 1.58 bits per heavy atom. The molecule has 0 aliphatic carbocycles. The molecule has 3 aromatic carbocycles. The molecule has 1 amide bonds. The van der Waals surface area contributed by atoms with Crippen LogP contribution >= 0.6 is 0 Å². The molecular weight excluding hydrogens is 326 g/mol. The Labute approximate surface area is 153 Å². The zero-order valence-corrected chi connectivity index (χ0v) is 14.7. The third-order valence-electron chi connectivity index (χ3n) is 4.22. The molecule has 0 bridgehead atoms. The number of anilines is 1. The van der Waals surface area contributed by atoms with Crippen molar-refractivity contribution in [1.82, 2.24) is 0 Å². The summed E-state index contributed by atoms with van der Waals surface area (Å²) in [6.07, 6.45) is 0.161. The maximum Gasteiger partial charge on any atom is 0.310 e. The van der Waals surface area contributed by atoms with E-state index < -0.39 is 5.97 Å². The van der Waals surface area contributed by atoms with Crippen LogP contribution in [0.15, 0.2) is 72.8 Å². The summed E-state index contributed by atoms with van der Waals surface area (Å²) in [6, 6.07) is 23.1. The number of nitrogens with zero attached hydrogens (tertiary/aromatic N) is 1. The van der Waals surface area contributed by atoms with Gasteiger partial charge in [-0.2, -0.15) is 0 Å². The van der Waals surface area contributed by atoms with Crippen LogP contribution in [0.2, 0.25) is 0 Å². The highest BCUT2D eigenvalue weighted by Crippen LogP contribution is 2.26. The molecule has 4 nitrogen and oxygen atoms in total. The lowest BCUT2D eigenvalue weighted by Crippen LogP contribution is -2.34. The summed E-state index contributed by atoms with van der Waals surface area (Å²) in [4.78, 5) is 26.3.